The zero-order chi connectivity index (χ0) is 15.5. The van der Waals surface area contributed by atoms with E-state index in [0.29, 0.717) is 11.1 Å². The van der Waals surface area contributed by atoms with Crippen LogP contribution < -0.4 is 0 Å². The predicted octanol–water partition coefficient (Wildman–Crippen LogP) is 5.22. The molecule has 3 aromatic rings. The molecule has 0 radical (unpaired) electrons. The first-order chi connectivity index (χ1) is 11.4. The van der Waals surface area contributed by atoms with E-state index in [1.165, 1.54) is 5.57 Å². The number of hydrogen-bond acceptors (Lipinski definition) is 4. The van der Waals surface area contributed by atoms with Gasteiger partial charge in [0, 0.05) is 18.1 Å². The number of fused-ring (bicyclic) bond motifs is 1. The van der Waals surface area contributed by atoms with Gasteiger partial charge in [-0.1, -0.05) is 53.8 Å². The number of nitrogens with one attached hydrogen (secondary N) is 1. The number of aromatic nitrogens is 3. The van der Waals surface area contributed by atoms with Crippen LogP contribution in [-0.4, -0.2) is 20.9 Å². The Hall–Kier alpha value is -2.27. The Bertz CT molecular complexity index is 848. The molecule has 4 nitrogen and oxygen atoms in total. The van der Waals surface area contributed by atoms with E-state index in [1.807, 2.05) is 24.3 Å². The first-order valence-electron chi connectivity index (χ1n) is 7.78. The number of rotatable bonds is 5. The third-order valence-electron chi connectivity index (χ3n) is 3.85. The van der Waals surface area contributed by atoms with E-state index in [2.05, 4.69) is 39.5 Å². The summed E-state index contributed by atoms with van der Waals surface area (Å²) in [5, 5.41) is 10.1. The van der Waals surface area contributed by atoms with Gasteiger partial charge in [0.2, 0.25) is 0 Å². The second kappa shape index (κ2) is 6.46. The average molecular weight is 325 g/mol. The Morgan fingerprint density at radius 3 is 3.04 bits per heavy atom. The summed E-state index contributed by atoms with van der Waals surface area (Å²) in [5.41, 5.74) is 3.34. The Balaban J connectivity index is 0.00000169. The molecule has 0 amide bonds. The molecule has 0 bridgehead atoms. The molecule has 1 N–H and O–H groups in total. The molecule has 0 saturated carbocycles. The predicted molar refractivity (Wildman–Crippen MR) is 95.5 cm³/mol. The highest BCUT2D eigenvalue weighted by atomic mass is 32.2. The topological polar surface area (TPSA) is 54.7 Å². The zero-order valence-electron chi connectivity index (χ0n) is 12.7. The SMILES string of the molecule is C1=CC(CCSc2nnc(-c3cc4ccccc4[nH]3)o2)=CCC1.[HH]. The van der Waals surface area contributed by atoms with E-state index in [9.17, 15) is 0 Å². The molecule has 5 heteroatoms. The third-order valence-corrected chi connectivity index (χ3v) is 4.68. The van der Waals surface area contributed by atoms with Crippen molar-refractivity contribution in [3.63, 3.8) is 0 Å². The second-order valence-corrected chi connectivity index (χ2v) is 6.55. The van der Waals surface area contributed by atoms with Crippen LogP contribution in [0.1, 0.15) is 20.7 Å². The molecule has 1 aromatic carbocycles. The van der Waals surface area contributed by atoms with Crippen molar-refractivity contribution in [2.45, 2.75) is 24.5 Å². The highest BCUT2D eigenvalue weighted by Crippen LogP contribution is 2.27. The summed E-state index contributed by atoms with van der Waals surface area (Å²) in [5.74, 6) is 1.49. The number of nitrogens with zero attached hydrogens (tertiary/aromatic N) is 2. The maximum absolute atomic E-state index is 5.76. The third kappa shape index (κ3) is 3.24. The smallest absolute Gasteiger partial charge is 0.276 e. The summed E-state index contributed by atoms with van der Waals surface area (Å²) in [6.45, 7) is 0. The van der Waals surface area contributed by atoms with Crippen molar-refractivity contribution in [1.82, 2.24) is 15.2 Å². The van der Waals surface area contributed by atoms with Gasteiger partial charge in [-0.15, -0.1) is 10.2 Å². The second-order valence-electron chi connectivity index (χ2n) is 5.50. The number of allylic oxidation sites excluding steroid dienone is 4. The van der Waals surface area contributed by atoms with Gasteiger partial charge in [0.05, 0.1) is 0 Å². The monoisotopic (exact) mass is 325 g/mol. The quantitative estimate of drug-likeness (QED) is 0.653. The van der Waals surface area contributed by atoms with Gasteiger partial charge in [-0.25, -0.2) is 0 Å². The maximum Gasteiger partial charge on any atom is 0.276 e. The number of benzene rings is 1. The number of thioether (sulfide) groups is 1. The molecule has 4 rings (SSSR count). The molecule has 118 valence electrons. The largest absolute Gasteiger partial charge is 0.410 e. The summed E-state index contributed by atoms with van der Waals surface area (Å²) in [4.78, 5) is 3.31. The molecular formula is C18H19N3OS. The summed E-state index contributed by atoms with van der Waals surface area (Å²) in [6.07, 6.45) is 10.1. The first kappa shape index (κ1) is 14.3. The number of hydrogen-bond donors (Lipinski definition) is 1. The van der Waals surface area contributed by atoms with Crippen LogP contribution in [-0.2, 0) is 0 Å². The minimum absolute atomic E-state index is 0. The Morgan fingerprint density at radius 2 is 2.17 bits per heavy atom. The fourth-order valence-corrected chi connectivity index (χ4v) is 3.42. The van der Waals surface area contributed by atoms with Crippen LogP contribution in [0.3, 0.4) is 0 Å². The lowest BCUT2D eigenvalue weighted by Crippen LogP contribution is -1.88. The van der Waals surface area contributed by atoms with Gasteiger partial charge in [-0.3, -0.25) is 0 Å². The van der Waals surface area contributed by atoms with Gasteiger partial charge in [-0.05, 0) is 31.4 Å². The van der Waals surface area contributed by atoms with Gasteiger partial charge >= 0.3 is 0 Å². The van der Waals surface area contributed by atoms with Crippen molar-refractivity contribution in [2.75, 3.05) is 5.75 Å². The summed E-state index contributed by atoms with van der Waals surface area (Å²) >= 11 is 1.61. The fourth-order valence-electron chi connectivity index (χ4n) is 2.67. The van der Waals surface area contributed by atoms with Crippen LogP contribution >= 0.6 is 11.8 Å². The van der Waals surface area contributed by atoms with Gasteiger partial charge < -0.3 is 9.40 Å². The molecule has 0 spiro atoms. The first-order valence-corrected chi connectivity index (χ1v) is 8.77. The Kier molecular flexibility index (Phi) is 4.03. The molecule has 2 heterocycles. The molecule has 0 aliphatic heterocycles. The number of H-pyrrole nitrogens is 1. The van der Waals surface area contributed by atoms with Crippen LogP contribution in [0.4, 0.5) is 0 Å². The molecular weight excluding hydrogens is 306 g/mol. The highest BCUT2D eigenvalue weighted by molar-refractivity contribution is 7.99. The molecule has 1 aliphatic carbocycles. The molecule has 2 aromatic heterocycles. The minimum Gasteiger partial charge on any atom is -0.410 e. The van der Waals surface area contributed by atoms with Crippen LogP contribution in [0.2, 0.25) is 0 Å². The number of para-hydroxylation sites is 1. The molecule has 0 atom stereocenters. The van der Waals surface area contributed by atoms with E-state index in [4.69, 9.17) is 4.42 Å². The van der Waals surface area contributed by atoms with Gasteiger partial charge in [0.15, 0.2) is 0 Å². The van der Waals surface area contributed by atoms with Crippen molar-refractivity contribution in [3.8, 4) is 11.6 Å². The van der Waals surface area contributed by atoms with Crippen LogP contribution in [0, 0.1) is 0 Å². The fraction of sp³-hybridized carbons (Fsp3) is 0.222. The van der Waals surface area contributed by atoms with Crippen LogP contribution in [0.25, 0.3) is 22.5 Å². The lowest BCUT2D eigenvalue weighted by molar-refractivity contribution is 0.465. The Labute approximate surface area is 140 Å². The van der Waals surface area contributed by atoms with E-state index >= 15 is 0 Å². The van der Waals surface area contributed by atoms with Crippen molar-refractivity contribution in [2.24, 2.45) is 0 Å². The molecule has 0 unspecified atom stereocenters. The number of aromatic amines is 1. The molecule has 1 aliphatic rings. The van der Waals surface area contributed by atoms with E-state index in [1.54, 1.807) is 11.8 Å². The van der Waals surface area contributed by atoms with Crippen LogP contribution in [0.5, 0.6) is 0 Å². The van der Waals surface area contributed by atoms with Crippen molar-refractivity contribution in [1.29, 1.82) is 0 Å². The van der Waals surface area contributed by atoms with E-state index in [-0.39, 0.29) is 1.43 Å². The van der Waals surface area contributed by atoms with Gasteiger partial charge in [0.1, 0.15) is 5.69 Å². The zero-order valence-corrected chi connectivity index (χ0v) is 13.5. The van der Waals surface area contributed by atoms with Crippen LogP contribution in [0.15, 0.2) is 63.8 Å². The van der Waals surface area contributed by atoms with Crippen molar-refractivity contribution < 1.29 is 5.84 Å². The maximum atomic E-state index is 5.76. The average Bonchev–Trinajstić information content (AvgIpc) is 3.22. The molecule has 0 saturated heterocycles. The standard InChI is InChI=1S/C18H17N3OS.H2/c1-2-6-13(7-3-1)10-11-23-18-21-20-17(22-18)16-12-14-8-4-5-9-15(14)19-16;/h2,4-9,12,19H,1,3,10-11H2;1H. The summed E-state index contributed by atoms with van der Waals surface area (Å²) in [7, 11) is 0. The highest BCUT2D eigenvalue weighted by Gasteiger charge is 2.11. The summed E-state index contributed by atoms with van der Waals surface area (Å²) in [6, 6.07) is 10.2. The normalized spacial score (nSPS) is 14.3. The lowest BCUT2D eigenvalue weighted by Gasteiger charge is -2.04. The minimum atomic E-state index is 0. The van der Waals surface area contributed by atoms with Gasteiger partial charge in [-0.2, -0.15) is 0 Å². The van der Waals surface area contributed by atoms with Gasteiger partial charge in [0.25, 0.3) is 11.1 Å². The lowest BCUT2D eigenvalue weighted by atomic mass is 10.1. The van der Waals surface area contributed by atoms with E-state index in [0.717, 1.165) is 41.6 Å². The van der Waals surface area contributed by atoms with Crippen molar-refractivity contribution in [3.05, 3.63) is 54.1 Å². The molecule has 23 heavy (non-hydrogen) atoms. The Morgan fingerprint density at radius 1 is 1.22 bits per heavy atom. The summed E-state index contributed by atoms with van der Waals surface area (Å²) < 4.78 is 5.76. The van der Waals surface area contributed by atoms with Crippen molar-refractivity contribution >= 4 is 22.7 Å². The molecule has 0 fully saturated rings. The van der Waals surface area contributed by atoms with E-state index < -0.39 is 0 Å².